The maximum atomic E-state index is 13.4. The van der Waals surface area contributed by atoms with E-state index in [1.807, 2.05) is 0 Å². The number of hydrogen-bond donors (Lipinski definition) is 2. The SMILES string of the molecule is COc1c(Br)cc(F)cc1-c1cc(C(=O)O)[nH]n1. The van der Waals surface area contributed by atoms with E-state index in [9.17, 15) is 9.18 Å². The molecule has 0 bridgehead atoms. The predicted octanol–water partition coefficient (Wildman–Crippen LogP) is 2.69. The highest BCUT2D eigenvalue weighted by atomic mass is 79.9. The molecule has 2 aromatic rings. The Hall–Kier alpha value is -1.89. The van der Waals surface area contributed by atoms with Crippen molar-refractivity contribution in [2.45, 2.75) is 0 Å². The highest BCUT2D eigenvalue weighted by molar-refractivity contribution is 9.10. The third-order valence-electron chi connectivity index (χ3n) is 2.30. The molecule has 0 aliphatic rings. The first-order valence-corrected chi connectivity index (χ1v) is 5.64. The minimum absolute atomic E-state index is 0.0764. The number of methoxy groups -OCH3 is 1. The Morgan fingerprint density at radius 3 is 2.78 bits per heavy atom. The van der Waals surface area contributed by atoms with E-state index in [-0.39, 0.29) is 5.69 Å². The molecule has 2 N–H and O–H groups in total. The number of H-pyrrole nitrogens is 1. The normalized spacial score (nSPS) is 10.4. The second-order valence-electron chi connectivity index (χ2n) is 3.44. The van der Waals surface area contributed by atoms with Crippen molar-refractivity contribution in [3.05, 3.63) is 34.2 Å². The number of carboxylic acids is 1. The zero-order valence-electron chi connectivity index (χ0n) is 9.20. The van der Waals surface area contributed by atoms with Crippen LogP contribution in [0.4, 0.5) is 4.39 Å². The summed E-state index contributed by atoms with van der Waals surface area (Å²) in [7, 11) is 1.44. The maximum Gasteiger partial charge on any atom is 0.353 e. The molecule has 0 saturated carbocycles. The van der Waals surface area contributed by atoms with Gasteiger partial charge in [-0.05, 0) is 34.1 Å². The number of nitrogens with zero attached hydrogens (tertiary/aromatic N) is 1. The van der Waals surface area contributed by atoms with E-state index in [4.69, 9.17) is 9.84 Å². The van der Waals surface area contributed by atoms with Gasteiger partial charge in [-0.2, -0.15) is 5.10 Å². The van der Waals surface area contributed by atoms with E-state index in [0.29, 0.717) is 21.5 Å². The van der Waals surface area contributed by atoms with E-state index in [1.165, 1.54) is 25.3 Å². The molecule has 1 aromatic heterocycles. The predicted molar refractivity (Wildman–Crippen MR) is 65.2 cm³/mol. The molecule has 0 aliphatic heterocycles. The monoisotopic (exact) mass is 314 g/mol. The summed E-state index contributed by atoms with van der Waals surface area (Å²) in [6.07, 6.45) is 0. The number of nitrogens with one attached hydrogen (secondary N) is 1. The summed E-state index contributed by atoms with van der Waals surface area (Å²) >= 11 is 3.17. The summed E-state index contributed by atoms with van der Waals surface area (Å²) in [6, 6.07) is 3.80. The molecule has 94 valence electrons. The molecule has 0 unspecified atom stereocenters. The van der Waals surface area contributed by atoms with Crippen LogP contribution in [0.1, 0.15) is 10.5 Å². The van der Waals surface area contributed by atoms with Gasteiger partial charge in [-0.15, -0.1) is 0 Å². The van der Waals surface area contributed by atoms with E-state index in [0.717, 1.165) is 0 Å². The van der Waals surface area contributed by atoms with Gasteiger partial charge in [-0.1, -0.05) is 0 Å². The Morgan fingerprint density at radius 2 is 2.22 bits per heavy atom. The van der Waals surface area contributed by atoms with Gasteiger partial charge in [0.25, 0.3) is 0 Å². The number of carboxylic acid groups (broad SMARTS) is 1. The van der Waals surface area contributed by atoms with Crippen LogP contribution in [0.5, 0.6) is 5.75 Å². The Bertz CT molecular complexity index is 612. The zero-order chi connectivity index (χ0) is 13.3. The Morgan fingerprint density at radius 1 is 1.50 bits per heavy atom. The number of ether oxygens (including phenoxy) is 1. The van der Waals surface area contributed by atoms with E-state index in [2.05, 4.69) is 26.1 Å². The van der Waals surface area contributed by atoms with Gasteiger partial charge >= 0.3 is 5.97 Å². The summed E-state index contributed by atoms with van der Waals surface area (Å²) in [5, 5.41) is 15.0. The first-order chi connectivity index (χ1) is 8.52. The maximum absolute atomic E-state index is 13.4. The molecule has 5 nitrogen and oxygen atoms in total. The Labute approximate surface area is 110 Å². The van der Waals surface area contributed by atoms with Gasteiger partial charge in [0, 0.05) is 5.56 Å². The van der Waals surface area contributed by atoms with Gasteiger partial charge < -0.3 is 9.84 Å². The molecule has 0 radical (unpaired) electrons. The number of halogens is 2. The summed E-state index contributed by atoms with van der Waals surface area (Å²) in [5.74, 6) is -1.22. The van der Waals surface area contributed by atoms with Crippen LogP contribution in [0.3, 0.4) is 0 Å². The molecule has 7 heteroatoms. The van der Waals surface area contributed by atoms with Crippen LogP contribution >= 0.6 is 15.9 Å². The quantitative estimate of drug-likeness (QED) is 0.913. The third kappa shape index (κ3) is 2.21. The molecule has 0 fully saturated rings. The van der Waals surface area contributed by atoms with Crippen LogP contribution in [0, 0.1) is 5.82 Å². The first-order valence-electron chi connectivity index (χ1n) is 4.85. The lowest BCUT2D eigenvalue weighted by Crippen LogP contribution is -1.95. The minimum atomic E-state index is -1.14. The highest BCUT2D eigenvalue weighted by Gasteiger charge is 2.16. The molecule has 0 spiro atoms. The van der Waals surface area contributed by atoms with Crippen molar-refractivity contribution in [2.24, 2.45) is 0 Å². The van der Waals surface area contributed by atoms with Crippen LogP contribution in [0.25, 0.3) is 11.3 Å². The number of aromatic nitrogens is 2. The Kier molecular flexibility index (Phi) is 3.33. The topological polar surface area (TPSA) is 75.2 Å². The molecular formula is C11H8BrFN2O3. The average molecular weight is 315 g/mol. The molecule has 0 saturated heterocycles. The van der Waals surface area contributed by atoms with Gasteiger partial charge in [-0.3, -0.25) is 5.10 Å². The van der Waals surface area contributed by atoms with Crippen LogP contribution in [-0.2, 0) is 0 Å². The molecule has 0 aliphatic carbocycles. The standard InChI is InChI=1S/C11H8BrFN2O3/c1-18-10-6(2-5(13)3-7(10)12)8-4-9(11(16)17)15-14-8/h2-4H,1H3,(H,14,15)(H,16,17). The smallest absolute Gasteiger partial charge is 0.353 e. The lowest BCUT2D eigenvalue weighted by atomic mass is 10.1. The number of benzene rings is 1. The number of rotatable bonds is 3. The van der Waals surface area contributed by atoms with Crippen molar-refractivity contribution >= 4 is 21.9 Å². The van der Waals surface area contributed by atoms with Crippen molar-refractivity contribution in [1.29, 1.82) is 0 Å². The van der Waals surface area contributed by atoms with Crippen molar-refractivity contribution in [3.63, 3.8) is 0 Å². The van der Waals surface area contributed by atoms with E-state index >= 15 is 0 Å². The second-order valence-corrected chi connectivity index (χ2v) is 4.29. The molecule has 1 aromatic carbocycles. The van der Waals surface area contributed by atoms with Crippen molar-refractivity contribution in [1.82, 2.24) is 10.2 Å². The van der Waals surface area contributed by atoms with Gasteiger partial charge in [0.15, 0.2) is 0 Å². The lowest BCUT2D eigenvalue weighted by molar-refractivity contribution is 0.0690. The van der Waals surface area contributed by atoms with E-state index < -0.39 is 11.8 Å². The molecule has 0 amide bonds. The van der Waals surface area contributed by atoms with Gasteiger partial charge in [0.2, 0.25) is 0 Å². The molecule has 1 heterocycles. The van der Waals surface area contributed by atoms with Crippen molar-refractivity contribution < 1.29 is 19.0 Å². The molecule has 18 heavy (non-hydrogen) atoms. The fourth-order valence-electron chi connectivity index (χ4n) is 1.53. The zero-order valence-corrected chi connectivity index (χ0v) is 10.8. The largest absolute Gasteiger partial charge is 0.495 e. The van der Waals surface area contributed by atoms with Gasteiger partial charge in [0.05, 0.1) is 17.3 Å². The van der Waals surface area contributed by atoms with Crippen molar-refractivity contribution in [2.75, 3.05) is 7.11 Å². The third-order valence-corrected chi connectivity index (χ3v) is 2.89. The van der Waals surface area contributed by atoms with E-state index in [1.54, 1.807) is 0 Å². The molecule has 0 atom stereocenters. The van der Waals surface area contributed by atoms with Gasteiger partial charge in [0.1, 0.15) is 17.3 Å². The average Bonchev–Trinajstić information content (AvgIpc) is 2.77. The first kappa shape index (κ1) is 12.6. The number of aromatic carboxylic acids is 1. The number of hydrogen-bond acceptors (Lipinski definition) is 3. The van der Waals surface area contributed by atoms with Crippen LogP contribution in [-0.4, -0.2) is 28.4 Å². The summed E-state index contributed by atoms with van der Waals surface area (Å²) in [4.78, 5) is 10.7. The van der Waals surface area contributed by atoms with Gasteiger partial charge in [-0.25, -0.2) is 9.18 Å². The Balaban J connectivity index is 2.58. The molecular weight excluding hydrogens is 307 g/mol. The summed E-state index contributed by atoms with van der Waals surface area (Å²) in [6.45, 7) is 0. The fourth-order valence-corrected chi connectivity index (χ4v) is 2.12. The number of carbonyl (C=O) groups is 1. The second kappa shape index (κ2) is 4.77. The summed E-state index contributed by atoms with van der Waals surface area (Å²) in [5.41, 5.74) is 0.588. The number of aromatic amines is 1. The lowest BCUT2D eigenvalue weighted by Gasteiger charge is -2.08. The summed E-state index contributed by atoms with van der Waals surface area (Å²) < 4.78 is 18.9. The highest BCUT2D eigenvalue weighted by Crippen LogP contribution is 2.36. The van der Waals surface area contributed by atoms with Crippen LogP contribution in [0.2, 0.25) is 0 Å². The molecule has 2 rings (SSSR count). The van der Waals surface area contributed by atoms with Crippen LogP contribution < -0.4 is 4.74 Å². The van der Waals surface area contributed by atoms with Crippen molar-refractivity contribution in [3.8, 4) is 17.0 Å². The fraction of sp³-hybridized carbons (Fsp3) is 0.0909. The van der Waals surface area contributed by atoms with Crippen LogP contribution in [0.15, 0.2) is 22.7 Å². The minimum Gasteiger partial charge on any atom is -0.495 e.